The molecule has 0 aromatic rings. The van der Waals surface area contributed by atoms with E-state index in [1.807, 2.05) is 20.8 Å². The van der Waals surface area contributed by atoms with Gasteiger partial charge in [-0.2, -0.15) is 0 Å². The first-order chi connectivity index (χ1) is 14.5. The zero-order valence-corrected chi connectivity index (χ0v) is 19.3. The van der Waals surface area contributed by atoms with Crippen LogP contribution >= 0.6 is 0 Å². The van der Waals surface area contributed by atoms with E-state index < -0.39 is 33.2 Å². The minimum atomic E-state index is -3.59. The summed E-state index contributed by atoms with van der Waals surface area (Å²) in [5, 5.41) is 5.92. The number of nitrogens with one attached hydrogen (secondary N) is 2. The van der Waals surface area contributed by atoms with Crippen LogP contribution in [0.2, 0.25) is 0 Å². The molecule has 0 spiro atoms. The first-order valence-corrected chi connectivity index (χ1v) is 12.4. The van der Waals surface area contributed by atoms with Crippen LogP contribution in [0.15, 0.2) is 28.3 Å². The fraction of sp³-hybridized carbons (Fsp3) is 0.667. The van der Waals surface area contributed by atoms with Crippen LogP contribution in [0.5, 0.6) is 0 Å². The second-order valence-corrected chi connectivity index (χ2v) is 11.1. The third-order valence-electron chi connectivity index (χ3n) is 5.52. The van der Waals surface area contributed by atoms with Crippen LogP contribution in [0.1, 0.15) is 59.3 Å². The minimum Gasteiger partial charge on any atom is -0.444 e. The quantitative estimate of drug-likeness (QED) is 0.632. The Morgan fingerprint density at radius 1 is 1.19 bits per heavy atom. The molecule has 0 saturated heterocycles. The van der Waals surface area contributed by atoms with E-state index in [1.54, 1.807) is 23.3 Å². The van der Waals surface area contributed by atoms with Crippen molar-refractivity contribution >= 4 is 27.9 Å². The summed E-state index contributed by atoms with van der Waals surface area (Å²) in [5.41, 5.74) is -1.03. The smallest absolute Gasteiger partial charge is 0.408 e. The van der Waals surface area contributed by atoms with Crippen molar-refractivity contribution in [3.05, 3.63) is 23.9 Å². The van der Waals surface area contributed by atoms with Gasteiger partial charge < -0.3 is 20.3 Å². The van der Waals surface area contributed by atoms with Gasteiger partial charge in [-0.1, -0.05) is 25.7 Å². The lowest BCUT2D eigenvalue weighted by Crippen LogP contribution is -2.56. The van der Waals surface area contributed by atoms with Gasteiger partial charge in [0, 0.05) is 19.3 Å². The lowest BCUT2D eigenvalue weighted by atomic mass is 9.90. The van der Waals surface area contributed by atoms with Gasteiger partial charge in [-0.3, -0.25) is 4.79 Å². The zero-order valence-electron chi connectivity index (χ0n) is 18.4. The van der Waals surface area contributed by atoms with Gasteiger partial charge in [-0.05, 0) is 45.8 Å². The Morgan fingerprint density at radius 3 is 2.52 bits per heavy atom. The van der Waals surface area contributed by atoms with Gasteiger partial charge in [0.15, 0.2) is 5.84 Å². The van der Waals surface area contributed by atoms with Crippen LogP contribution < -0.4 is 10.6 Å². The first kappa shape index (κ1) is 23.3. The highest BCUT2D eigenvalue weighted by Crippen LogP contribution is 2.28. The van der Waals surface area contributed by atoms with Crippen molar-refractivity contribution in [2.24, 2.45) is 4.40 Å². The number of amidine groups is 1. The molecular formula is C21H32N4O5S. The van der Waals surface area contributed by atoms with Crippen LogP contribution in [0.3, 0.4) is 0 Å². The second kappa shape index (κ2) is 9.02. The Labute approximate surface area is 184 Å². The summed E-state index contributed by atoms with van der Waals surface area (Å²) < 4.78 is 33.1. The van der Waals surface area contributed by atoms with Gasteiger partial charge in [-0.25, -0.2) is 13.2 Å². The predicted octanol–water partition coefficient (Wildman–Crippen LogP) is 2.22. The van der Waals surface area contributed by atoms with E-state index in [4.69, 9.17) is 4.74 Å². The molecule has 2 heterocycles. The van der Waals surface area contributed by atoms with E-state index in [9.17, 15) is 18.0 Å². The number of carbonyl (C=O) groups is 2. The molecule has 2 aliphatic heterocycles. The zero-order chi connectivity index (χ0) is 22.7. The Hall–Kier alpha value is -2.36. The Kier molecular flexibility index (Phi) is 6.78. The summed E-state index contributed by atoms with van der Waals surface area (Å²) in [7, 11) is -3.59. The summed E-state index contributed by atoms with van der Waals surface area (Å²) in [6.45, 7) is 5.91. The molecule has 0 aromatic carbocycles. The van der Waals surface area contributed by atoms with Gasteiger partial charge >= 0.3 is 6.09 Å². The molecule has 0 atom stereocenters. The molecule has 3 rings (SSSR count). The third kappa shape index (κ3) is 6.32. The first-order valence-electron chi connectivity index (χ1n) is 10.8. The highest BCUT2D eigenvalue weighted by Gasteiger charge is 2.36. The lowest BCUT2D eigenvalue weighted by Gasteiger charge is -2.35. The number of hydrogen-bond donors (Lipinski definition) is 2. The molecule has 31 heavy (non-hydrogen) atoms. The number of sulfonamides is 1. The van der Waals surface area contributed by atoms with Crippen LogP contribution in [0.25, 0.3) is 0 Å². The van der Waals surface area contributed by atoms with Crippen LogP contribution in [-0.2, 0) is 19.6 Å². The van der Waals surface area contributed by atoms with Gasteiger partial charge in [-0.15, -0.1) is 4.40 Å². The number of fused-ring (bicyclic) bond motifs is 1. The highest BCUT2D eigenvalue weighted by atomic mass is 32.2. The average Bonchev–Trinajstić information content (AvgIpc) is 2.89. The number of nitrogens with zero attached hydrogens (tertiary/aromatic N) is 2. The number of carbonyl (C=O) groups excluding carboxylic acids is 2. The molecule has 0 bridgehead atoms. The third-order valence-corrected chi connectivity index (χ3v) is 6.67. The molecule has 2 N–H and O–H groups in total. The van der Waals surface area contributed by atoms with Crippen LogP contribution in [0.4, 0.5) is 4.79 Å². The summed E-state index contributed by atoms with van der Waals surface area (Å²) in [6, 6.07) is 0. The van der Waals surface area contributed by atoms with Gasteiger partial charge in [0.25, 0.3) is 15.9 Å². The number of alkyl carbamates (subject to hydrolysis) is 1. The van der Waals surface area contributed by atoms with E-state index in [0.717, 1.165) is 38.5 Å². The number of amides is 2. The Balaban J connectivity index is 1.74. The van der Waals surface area contributed by atoms with Gasteiger partial charge in [0.05, 0.1) is 16.9 Å². The fourth-order valence-electron chi connectivity index (χ4n) is 4.01. The molecule has 0 unspecified atom stereocenters. The van der Waals surface area contributed by atoms with Crippen molar-refractivity contribution in [3.63, 3.8) is 0 Å². The molecule has 9 nitrogen and oxygen atoms in total. The van der Waals surface area contributed by atoms with E-state index in [-0.39, 0.29) is 30.3 Å². The van der Waals surface area contributed by atoms with E-state index in [0.29, 0.717) is 0 Å². The number of allylic oxidation sites excluding steroid dienone is 2. The van der Waals surface area contributed by atoms with Crippen LogP contribution in [0, 0.1) is 0 Å². The summed E-state index contributed by atoms with van der Waals surface area (Å²) in [4.78, 5) is 27.1. The normalized spacial score (nSPS) is 22.4. The molecule has 1 saturated carbocycles. The molecule has 1 aliphatic carbocycles. The van der Waals surface area contributed by atoms with Crippen molar-refractivity contribution in [3.8, 4) is 0 Å². The lowest BCUT2D eigenvalue weighted by molar-refractivity contribution is -0.117. The van der Waals surface area contributed by atoms with Crippen molar-refractivity contribution in [1.29, 1.82) is 0 Å². The molecule has 2 amide bonds. The topological polar surface area (TPSA) is 117 Å². The van der Waals surface area contributed by atoms with Crippen molar-refractivity contribution in [1.82, 2.24) is 15.5 Å². The molecule has 172 valence electrons. The Morgan fingerprint density at radius 2 is 1.87 bits per heavy atom. The SMILES string of the molecule is CC(C)(C)OC(=O)NC1(CNC(=O)C2=CC=CN3CCS(=O)(=O)N=C23)CCCCCC1. The predicted molar refractivity (Wildman–Crippen MR) is 118 cm³/mol. The molecule has 10 heteroatoms. The van der Waals surface area contributed by atoms with Crippen molar-refractivity contribution in [2.75, 3.05) is 18.8 Å². The van der Waals surface area contributed by atoms with E-state index in [1.165, 1.54) is 0 Å². The van der Waals surface area contributed by atoms with Gasteiger partial charge in [0.2, 0.25) is 0 Å². The van der Waals surface area contributed by atoms with Crippen molar-refractivity contribution in [2.45, 2.75) is 70.4 Å². The maximum atomic E-state index is 13.0. The average molecular weight is 453 g/mol. The summed E-state index contributed by atoms with van der Waals surface area (Å²) >= 11 is 0. The molecule has 3 aliphatic rings. The summed E-state index contributed by atoms with van der Waals surface area (Å²) in [6.07, 6.45) is 9.96. The fourth-order valence-corrected chi connectivity index (χ4v) is 4.99. The standard InChI is InChI=1S/C21H32N4O5S/c1-20(2,3)30-19(27)23-21(10-6-4-5-7-11-21)15-22-18(26)16-9-8-12-25-13-14-31(28,29)24-17(16)25/h8-9,12H,4-7,10-11,13-15H2,1-3H3,(H,22,26)(H,23,27). The highest BCUT2D eigenvalue weighted by molar-refractivity contribution is 7.90. The second-order valence-electron chi connectivity index (χ2n) is 9.32. The molecule has 0 aromatic heterocycles. The van der Waals surface area contributed by atoms with Gasteiger partial charge in [0.1, 0.15) is 5.60 Å². The molecule has 0 radical (unpaired) electrons. The largest absolute Gasteiger partial charge is 0.444 e. The number of rotatable bonds is 4. The Bertz CT molecular complexity index is 907. The summed E-state index contributed by atoms with van der Waals surface area (Å²) in [5.74, 6) is -0.361. The minimum absolute atomic E-state index is 0.0847. The van der Waals surface area contributed by atoms with E-state index in [2.05, 4.69) is 15.0 Å². The van der Waals surface area contributed by atoms with Crippen LogP contribution in [-0.4, -0.2) is 61.1 Å². The maximum Gasteiger partial charge on any atom is 0.408 e. The molecular weight excluding hydrogens is 420 g/mol. The van der Waals surface area contributed by atoms with E-state index >= 15 is 0 Å². The monoisotopic (exact) mass is 452 g/mol. The van der Waals surface area contributed by atoms with Crippen molar-refractivity contribution < 1.29 is 22.7 Å². The maximum absolute atomic E-state index is 13.0. The molecule has 1 fully saturated rings. The number of ether oxygens (including phenoxy) is 1. The number of hydrogen-bond acceptors (Lipinski definition) is 6.